The fourth-order valence-corrected chi connectivity index (χ4v) is 1.93. The van der Waals surface area contributed by atoms with E-state index in [1.165, 1.54) is 18.4 Å². The third kappa shape index (κ3) is 3.74. The van der Waals surface area contributed by atoms with Crippen molar-refractivity contribution >= 4 is 6.21 Å². The van der Waals surface area contributed by atoms with Crippen molar-refractivity contribution in [2.45, 2.75) is 32.3 Å². The highest BCUT2D eigenvalue weighted by Gasteiger charge is 2.00. The van der Waals surface area contributed by atoms with Crippen molar-refractivity contribution in [2.24, 2.45) is 5.16 Å². The molecule has 3 nitrogen and oxygen atoms in total. The number of benzene rings is 1. The Bertz CT molecular complexity index is 497. The molecule has 0 unspecified atom stereocenters. The van der Waals surface area contributed by atoms with Gasteiger partial charge in [-0.05, 0) is 49.0 Å². The lowest BCUT2D eigenvalue weighted by atomic mass is 10.0. The standard InChI is InChI=1S/C15H16N2O/c16-10-14-7-4-8-15(9-14)12-18-17-11-13-5-2-1-3-6-13/h4-5,7-9,11H,1-3,6,12H2. The minimum Gasteiger partial charge on any atom is -0.391 e. The van der Waals surface area contributed by atoms with Gasteiger partial charge in [-0.3, -0.25) is 0 Å². The van der Waals surface area contributed by atoms with Crippen LogP contribution in [0.2, 0.25) is 0 Å². The highest BCUT2D eigenvalue weighted by Crippen LogP contribution is 2.15. The zero-order valence-corrected chi connectivity index (χ0v) is 10.3. The van der Waals surface area contributed by atoms with Crippen LogP contribution < -0.4 is 0 Å². The Hall–Kier alpha value is -2.08. The maximum absolute atomic E-state index is 8.78. The van der Waals surface area contributed by atoms with Gasteiger partial charge in [0.25, 0.3) is 0 Å². The summed E-state index contributed by atoms with van der Waals surface area (Å²) in [4.78, 5) is 5.24. The van der Waals surface area contributed by atoms with E-state index in [2.05, 4.69) is 17.3 Å². The predicted octanol–water partition coefficient (Wildman–Crippen LogP) is 3.56. The molecule has 0 amide bonds. The quantitative estimate of drug-likeness (QED) is 0.596. The molecule has 92 valence electrons. The van der Waals surface area contributed by atoms with Crippen molar-refractivity contribution in [1.29, 1.82) is 5.26 Å². The summed E-state index contributed by atoms with van der Waals surface area (Å²) < 4.78 is 0. The molecule has 0 saturated carbocycles. The van der Waals surface area contributed by atoms with Crippen LogP contribution in [0.5, 0.6) is 0 Å². The van der Waals surface area contributed by atoms with Crippen molar-refractivity contribution in [2.75, 3.05) is 0 Å². The summed E-state index contributed by atoms with van der Waals surface area (Å²) in [6, 6.07) is 9.48. The van der Waals surface area contributed by atoms with Crippen molar-refractivity contribution in [3.63, 3.8) is 0 Å². The zero-order chi connectivity index (χ0) is 12.6. The SMILES string of the molecule is N#Cc1cccc(CON=CC2=CCCCC2)c1. The van der Waals surface area contributed by atoms with Crippen LogP contribution in [-0.4, -0.2) is 6.21 Å². The Kier molecular flexibility index (Phi) is 4.54. The molecule has 1 aromatic carbocycles. The molecule has 0 heterocycles. The zero-order valence-electron chi connectivity index (χ0n) is 10.3. The summed E-state index contributed by atoms with van der Waals surface area (Å²) in [5, 5.41) is 12.7. The molecule has 1 aliphatic rings. The van der Waals surface area contributed by atoms with Crippen molar-refractivity contribution < 1.29 is 4.84 Å². The number of nitrogens with zero attached hydrogens (tertiary/aromatic N) is 2. The summed E-state index contributed by atoms with van der Waals surface area (Å²) in [5.41, 5.74) is 2.87. The summed E-state index contributed by atoms with van der Waals surface area (Å²) in [5.74, 6) is 0. The molecule has 0 bridgehead atoms. The van der Waals surface area contributed by atoms with E-state index in [1.807, 2.05) is 18.2 Å². The van der Waals surface area contributed by atoms with Crippen LogP contribution in [0.4, 0.5) is 0 Å². The third-order valence-corrected chi connectivity index (χ3v) is 2.91. The van der Waals surface area contributed by atoms with E-state index >= 15 is 0 Å². The van der Waals surface area contributed by atoms with E-state index in [1.54, 1.807) is 12.3 Å². The van der Waals surface area contributed by atoms with Gasteiger partial charge in [-0.25, -0.2) is 0 Å². The van der Waals surface area contributed by atoms with Crippen LogP contribution in [0.15, 0.2) is 41.1 Å². The van der Waals surface area contributed by atoms with E-state index < -0.39 is 0 Å². The monoisotopic (exact) mass is 240 g/mol. The van der Waals surface area contributed by atoms with Gasteiger partial charge in [0, 0.05) is 0 Å². The van der Waals surface area contributed by atoms with Gasteiger partial charge in [-0.1, -0.05) is 23.4 Å². The molecule has 0 saturated heterocycles. The van der Waals surface area contributed by atoms with Crippen LogP contribution >= 0.6 is 0 Å². The number of hydrogen-bond donors (Lipinski definition) is 0. The van der Waals surface area contributed by atoms with Crippen LogP contribution in [0.1, 0.15) is 36.8 Å². The second-order valence-electron chi connectivity index (χ2n) is 4.34. The molecule has 0 aromatic heterocycles. The summed E-state index contributed by atoms with van der Waals surface area (Å²) in [7, 11) is 0. The molecule has 0 aliphatic heterocycles. The van der Waals surface area contributed by atoms with Gasteiger partial charge in [0.2, 0.25) is 0 Å². The third-order valence-electron chi connectivity index (χ3n) is 2.91. The molecule has 18 heavy (non-hydrogen) atoms. The van der Waals surface area contributed by atoms with Crippen LogP contribution in [0, 0.1) is 11.3 Å². The smallest absolute Gasteiger partial charge is 0.142 e. The molecule has 0 radical (unpaired) electrons. The fraction of sp³-hybridized carbons (Fsp3) is 0.333. The molecule has 0 atom stereocenters. The lowest BCUT2D eigenvalue weighted by molar-refractivity contribution is 0.132. The van der Waals surface area contributed by atoms with Crippen LogP contribution in [0.3, 0.4) is 0 Å². The first-order chi connectivity index (χ1) is 8.88. The van der Waals surface area contributed by atoms with E-state index in [0.717, 1.165) is 18.4 Å². The van der Waals surface area contributed by atoms with E-state index in [4.69, 9.17) is 10.1 Å². The van der Waals surface area contributed by atoms with Gasteiger partial charge in [-0.15, -0.1) is 0 Å². The average Bonchev–Trinajstić information content (AvgIpc) is 2.45. The Morgan fingerprint density at radius 2 is 2.33 bits per heavy atom. The van der Waals surface area contributed by atoms with Gasteiger partial charge < -0.3 is 4.84 Å². The topological polar surface area (TPSA) is 45.4 Å². The van der Waals surface area contributed by atoms with Crippen molar-refractivity contribution in [3.8, 4) is 6.07 Å². The molecule has 0 spiro atoms. The Morgan fingerprint density at radius 1 is 1.39 bits per heavy atom. The van der Waals surface area contributed by atoms with Gasteiger partial charge in [0.1, 0.15) is 6.61 Å². The second-order valence-corrected chi connectivity index (χ2v) is 4.34. The summed E-state index contributed by atoms with van der Waals surface area (Å²) in [6.07, 6.45) is 8.77. The Morgan fingerprint density at radius 3 is 3.11 bits per heavy atom. The molecule has 2 rings (SSSR count). The highest BCUT2D eigenvalue weighted by molar-refractivity contribution is 5.78. The number of rotatable bonds is 4. The second kappa shape index (κ2) is 6.61. The maximum atomic E-state index is 8.78. The summed E-state index contributed by atoms with van der Waals surface area (Å²) in [6.45, 7) is 0.402. The van der Waals surface area contributed by atoms with E-state index in [0.29, 0.717) is 12.2 Å². The van der Waals surface area contributed by atoms with Gasteiger partial charge in [0.15, 0.2) is 0 Å². The minimum atomic E-state index is 0.402. The largest absolute Gasteiger partial charge is 0.391 e. The number of hydrogen-bond acceptors (Lipinski definition) is 3. The first-order valence-corrected chi connectivity index (χ1v) is 6.22. The maximum Gasteiger partial charge on any atom is 0.142 e. The molecule has 3 heteroatoms. The number of nitriles is 1. The summed E-state index contributed by atoms with van der Waals surface area (Å²) >= 11 is 0. The van der Waals surface area contributed by atoms with Gasteiger partial charge >= 0.3 is 0 Å². The van der Waals surface area contributed by atoms with Gasteiger partial charge in [0.05, 0.1) is 17.8 Å². The Labute approximate surface area is 107 Å². The molecule has 1 aromatic rings. The normalized spacial score (nSPS) is 15.2. The lowest BCUT2D eigenvalue weighted by Gasteiger charge is -2.07. The van der Waals surface area contributed by atoms with Gasteiger partial charge in [-0.2, -0.15) is 5.26 Å². The first-order valence-electron chi connectivity index (χ1n) is 6.22. The first kappa shape index (κ1) is 12.4. The molecule has 0 fully saturated rings. The fourth-order valence-electron chi connectivity index (χ4n) is 1.93. The van der Waals surface area contributed by atoms with Crippen LogP contribution in [-0.2, 0) is 11.4 Å². The molecule has 1 aliphatic carbocycles. The predicted molar refractivity (Wildman–Crippen MR) is 71.0 cm³/mol. The molecular formula is C15H16N2O. The van der Waals surface area contributed by atoms with E-state index in [-0.39, 0.29) is 0 Å². The van der Waals surface area contributed by atoms with Crippen LogP contribution in [0.25, 0.3) is 0 Å². The molecule has 0 N–H and O–H groups in total. The minimum absolute atomic E-state index is 0.402. The van der Waals surface area contributed by atoms with Crippen molar-refractivity contribution in [1.82, 2.24) is 0 Å². The number of allylic oxidation sites excluding steroid dienone is 2. The molecular weight excluding hydrogens is 224 g/mol. The Balaban J connectivity index is 1.82. The number of oxime groups is 1. The lowest BCUT2D eigenvalue weighted by Crippen LogP contribution is -1.94. The average molecular weight is 240 g/mol. The van der Waals surface area contributed by atoms with Crippen molar-refractivity contribution in [3.05, 3.63) is 47.0 Å². The van der Waals surface area contributed by atoms with E-state index in [9.17, 15) is 0 Å². The highest BCUT2D eigenvalue weighted by atomic mass is 16.6.